The molecule has 0 aliphatic carbocycles. The fourth-order valence-corrected chi connectivity index (χ4v) is 4.11. The van der Waals surface area contributed by atoms with Crippen LogP contribution in [0, 0.1) is 0 Å². The summed E-state index contributed by atoms with van der Waals surface area (Å²) in [7, 11) is 2.94. The molecule has 3 aromatic rings. The Morgan fingerprint density at radius 3 is 2.32 bits per heavy atom. The van der Waals surface area contributed by atoms with Crippen LogP contribution >= 0.6 is 11.6 Å². The van der Waals surface area contributed by atoms with E-state index in [-0.39, 0.29) is 6.54 Å². The van der Waals surface area contributed by atoms with Gasteiger partial charge in [-0.25, -0.2) is 9.59 Å². The molecule has 0 aliphatic heterocycles. The molecule has 1 amide bonds. The number of esters is 1. The van der Waals surface area contributed by atoms with Crippen LogP contribution in [0.4, 0.5) is 4.79 Å². The number of rotatable bonds is 9. The molecule has 0 saturated heterocycles. The zero-order valence-electron chi connectivity index (χ0n) is 22.4. The summed E-state index contributed by atoms with van der Waals surface area (Å²) >= 11 is 6.08. The number of benzene rings is 3. The summed E-state index contributed by atoms with van der Waals surface area (Å²) < 4.78 is 16.0. The molecular weight excluding hydrogens is 506 g/mol. The van der Waals surface area contributed by atoms with Crippen LogP contribution in [0.15, 0.2) is 66.7 Å². The first-order valence-corrected chi connectivity index (χ1v) is 12.7. The second-order valence-corrected chi connectivity index (χ2v) is 10.3. The lowest BCUT2D eigenvalue weighted by atomic mass is 10.00. The van der Waals surface area contributed by atoms with Gasteiger partial charge in [-0.1, -0.05) is 48.0 Å². The molecule has 7 nitrogen and oxygen atoms in total. The number of halogens is 1. The summed E-state index contributed by atoms with van der Waals surface area (Å²) in [4.78, 5) is 26.2. The lowest BCUT2D eigenvalue weighted by Gasteiger charge is -2.29. The SMILES string of the molecule is COC(=O)c1ccc(-c2ccc(CCN(C[C@H](O)c3cccc(Cl)c3)C(=O)OC(C)(C)C)cc2OC)cc1. The number of ether oxygens (including phenoxy) is 3. The van der Waals surface area contributed by atoms with E-state index >= 15 is 0 Å². The summed E-state index contributed by atoms with van der Waals surface area (Å²) in [6, 6.07) is 19.9. The lowest BCUT2D eigenvalue weighted by molar-refractivity contribution is 0.0147. The number of amides is 1. The minimum atomic E-state index is -0.925. The maximum Gasteiger partial charge on any atom is 0.410 e. The Balaban J connectivity index is 1.78. The standard InChI is InChI=1S/C30H34ClNO6/c1-30(2,3)38-29(35)32(19-26(33)23-7-6-8-24(31)18-23)16-15-20-9-14-25(27(17-20)36-4)21-10-12-22(13-11-21)28(34)37-5/h6-14,17-18,26,33H,15-16,19H2,1-5H3/t26-/m0/s1. The minimum Gasteiger partial charge on any atom is -0.496 e. The van der Waals surface area contributed by atoms with Crippen LogP contribution in [0.25, 0.3) is 11.1 Å². The molecule has 0 bridgehead atoms. The largest absolute Gasteiger partial charge is 0.496 e. The Morgan fingerprint density at radius 2 is 1.71 bits per heavy atom. The van der Waals surface area contributed by atoms with E-state index in [9.17, 15) is 14.7 Å². The van der Waals surface area contributed by atoms with Crippen LogP contribution in [0.2, 0.25) is 5.02 Å². The van der Waals surface area contributed by atoms with Crippen molar-refractivity contribution in [1.29, 1.82) is 0 Å². The van der Waals surface area contributed by atoms with Gasteiger partial charge >= 0.3 is 12.1 Å². The highest BCUT2D eigenvalue weighted by Crippen LogP contribution is 2.31. The molecular formula is C30H34ClNO6. The van der Waals surface area contributed by atoms with Gasteiger partial charge in [-0.05, 0) is 74.2 Å². The van der Waals surface area contributed by atoms with Gasteiger partial charge in [-0.3, -0.25) is 0 Å². The number of carbonyl (C=O) groups is 2. The number of aliphatic hydroxyl groups is 1. The molecule has 0 saturated carbocycles. The molecule has 0 unspecified atom stereocenters. The van der Waals surface area contributed by atoms with Gasteiger partial charge in [0, 0.05) is 17.1 Å². The lowest BCUT2D eigenvalue weighted by Crippen LogP contribution is -2.40. The average Bonchev–Trinajstić information content (AvgIpc) is 2.89. The number of hydrogen-bond acceptors (Lipinski definition) is 6. The number of hydrogen-bond donors (Lipinski definition) is 1. The van der Waals surface area contributed by atoms with Crippen LogP contribution in [-0.2, 0) is 15.9 Å². The molecule has 38 heavy (non-hydrogen) atoms. The van der Waals surface area contributed by atoms with Gasteiger partial charge in [0.05, 0.1) is 32.4 Å². The van der Waals surface area contributed by atoms with Gasteiger partial charge in [0.1, 0.15) is 11.4 Å². The summed E-state index contributed by atoms with van der Waals surface area (Å²) in [5, 5.41) is 11.3. The topological polar surface area (TPSA) is 85.3 Å². The van der Waals surface area contributed by atoms with Gasteiger partial charge in [0.25, 0.3) is 0 Å². The van der Waals surface area contributed by atoms with Crippen LogP contribution in [0.3, 0.4) is 0 Å². The first-order valence-electron chi connectivity index (χ1n) is 12.3. The van der Waals surface area contributed by atoms with Crippen molar-refractivity contribution in [3.8, 4) is 16.9 Å². The van der Waals surface area contributed by atoms with Gasteiger partial charge in [-0.15, -0.1) is 0 Å². The van der Waals surface area contributed by atoms with E-state index in [1.165, 1.54) is 12.0 Å². The molecule has 3 rings (SSSR count). The van der Waals surface area contributed by atoms with Gasteiger partial charge in [-0.2, -0.15) is 0 Å². The van der Waals surface area contributed by atoms with E-state index in [0.717, 1.165) is 16.7 Å². The molecule has 0 aliphatic rings. The monoisotopic (exact) mass is 539 g/mol. The Hall–Kier alpha value is -3.55. The Morgan fingerprint density at radius 1 is 1.00 bits per heavy atom. The summed E-state index contributed by atoms with van der Waals surface area (Å²) in [5.41, 5.74) is 3.12. The Labute approximate surface area is 228 Å². The second kappa shape index (κ2) is 12.8. The molecule has 0 heterocycles. The van der Waals surface area contributed by atoms with E-state index < -0.39 is 23.8 Å². The van der Waals surface area contributed by atoms with E-state index in [1.54, 1.807) is 64.3 Å². The molecule has 3 aromatic carbocycles. The maximum atomic E-state index is 13.0. The van der Waals surface area contributed by atoms with Crippen LogP contribution in [0.5, 0.6) is 5.75 Å². The maximum absolute atomic E-state index is 13.0. The third-order valence-electron chi connectivity index (χ3n) is 5.83. The molecule has 0 fully saturated rings. The fraction of sp³-hybridized carbons (Fsp3) is 0.333. The van der Waals surface area contributed by atoms with Crippen molar-refractivity contribution in [3.05, 3.63) is 88.4 Å². The van der Waals surface area contributed by atoms with Gasteiger partial charge in [0.15, 0.2) is 0 Å². The molecule has 0 aromatic heterocycles. The van der Waals surface area contributed by atoms with Crippen molar-refractivity contribution in [2.45, 2.75) is 38.9 Å². The number of carbonyl (C=O) groups excluding carboxylic acids is 2. The van der Waals surface area contributed by atoms with Crippen molar-refractivity contribution >= 4 is 23.7 Å². The fourth-order valence-electron chi connectivity index (χ4n) is 3.91. The first kappa shape index (κ1) is 29.0. The smallest absolute Gasteiger partial charge is 0.410 e. The summed E-state index contributed by atoms with van der Waals surface area (Å²) in [6.07, 6.45) is -0.918. The van der Waals surface area contributed by atoms with Crippen molar-refractivity contribution in [1.82, 2.24) is 4.90 Å². The van der Waals surface area contributed by atoms with Crippen LogP contribution < -0.4 is 4.74 Å². The molecule has 1 atom stereocenters. The molecule has 0 spiro atoms. The zero-order valence-corrected chi connectivity index (χ0v) is 23.1. The number of aliphatic hydroxyl groups excluding tert-OH is 1. The van der Waals surface area contributed by atoms with Gasteiger partial charge in [0.2, 0.25) is 0 Å². The van der Waals surface area contributed by atoms with Crippen LogP contribution in [0.1, 0.15) is 48.4 Å². The third kappa shape index (κ3) is 7.97. The highest BCUT2D eigenvalue weighted by molar-refractivity contribution is 6.30. The number of methoxy groups -OCH3 is 2. The van der Waals surface area contributed by atoms with Crippen molar-refractivity contribution in [2.24, 2.45) is 0 Å². The van der Waals surface area contributed by atoms with E-state index in [1.807, 2.05) is 30.3 Å². The predicted octanol–water partition coefficient (Wildman–Crippen LogP) is 6.32. The molecule has 202 valence electrons. The zero-order chi connectivity index (χ0) is 27.9. The highest BCUT2D eigenvalue weighted by atomic mass is 35.5. The van der Waals surface area contributed by atoms with E-state index in [2.05, 4.69) is 0 Å². The van der Waals surface area contributed by atoms with Crippen LogP contribution in [-0.4, -0.2) is 55.0 Å². The van der Waals surface area contributed by atoms with Crippen molar-refractivity contribution in [3.63, 3.8) is 0 Å². The molecule has 0 radical (unpaired) electrons. The minimum absolute atomic E-state index is 0.0526. The highest BCUT2D eigenvalue weighted by Gasteiger charge is 2.25. The molecule has 8 heteroatoms. The summed E-state index contributed by atoms with van der Waals surface area (Å²) in [5.74, 6) is 0.269. The first-order chi connectivity index (χ1) is 18.0. The second-order valence-electron chi connectivity index (χ2n) is 9.85. The Bertz CT molecular complexity index is 1250. The normalized spacial score (nSPS) is 12.0. The Kier molecular flexibility index (Phi) is 9.78. The van der Waals surface area contributed by atoms with E-state index in [4.69, 9.17) is 25.8 Å². The average molecular weight is 540 g/mol. The third-order valence-corrected chi connectivity index (χ3v) is 6.07. The van der Waals surface area contributed by atoms with E-state index in [0.29, 0.717) is 34.9 Å². The summed E-state index contributed by atoms with van der Waals surface area (Å²) in [6.45, 7) is 5.78. The quantitative estimate of drug-likeness (QED) is 0.320. The predicted molar refractivity (Wildman–Crippen MR) is 148 cm³/mol. The molecule has 1 N–H and O–H groups in total. The van der Waals surface area contributed by atoms with Crippen molar-refractivity contribution in [2.75, 3.05) is 27.3 Å². The van der Waals surface area contributed by atoms with Gasteiger partial charge < -0.3 is 24.2 Å². The van der Waals surface area contributed by atoms with Crippen molar-refractivity contribution < 1.29 is 28.9 Å². The number of nitrogens with zero attached hydrogens (tertiary/aromatic N) is 1.